The van der Waals surface area contributed by atoms with Gasteiger partial charge in [0.05, 0.1) is 18.6 Å². The second kappa shape index (κ2) is 6.95. The summed E-state index contributed by atoms with van der Waals surface area (Å²) in [6.07, 6.45) is 1.31. The molecule has 1 atom stereocenters. The number of carbonyl (C=O) groups excluding carboxylic acids is 2. The minimum atomic E-state index is -0.542. The van der Waals surface area contributed by atoms with Gasteiger partial charge in [-0.3, -0.25) is 14.2 Å². The van der Waals surface area contributed by atoms with E-state index in [2.05, 4.69) is 4.98 Å². The highest BCUT2D eigenvalue weighted by molar-refractivity contribution is 7.20. The molecule has 2 aromatic heterocycles. The molecule has 1 aliphatic rings. The first-order valence-corrected chi connectivity index (χ1v) is 9.18. The smallest absolute Gasteiger partial charge is 0.348 e. The number of ether oxygens (including phenoxy) is 2. The third kappa shape index (κ3) is 2.95. The third-order valence-electron chi connectivity index (χ3n) is 4.30. The Labute approximate surface area is 148 Å². The van der Waals surface area contributed by atoms with Crippen LogP contribution in [0.4, 0.5) is 0 Å². The minimum Gasteiger partial charge on any atom is -0.465 e. The first-order valence-electron chi connectivity index (χ1n) is 8.37. The number of hydrogen-bond acceptors (Lipinski definition) is 7. The molecule has 0 unspecified atom stereocenters. The Hall–Kier alpha value is -2.22. The molecule has 25 heavy (non-hydrogen) atoms. The van der Waals surface area contributed by atoms with E-state index in [1.807, 2.05) is 0 Å². The number of aromatic nitrogens is 2. The monoisotopic (exact) mass is 364 g/mol. The molecular formula is C17H20N2O5S. The Bertz CT molecular complexity index is 899. The summed E-state index contributed by atoms with van der Waals surface area (Å²) in [5, 5.41) is 0.432. The number of thiophene rings is 1. The fraction of sp³-hybridized carbons (Fsp3) is 0.529. The molecule has 3 rings (SSSR count). The van der Waals surface area contributed by atoms with Crippen LogP contribution in [0, 0.1) is 6.92 Å². The standard InChI is InChI=1S/C17H20N2O5S/c1-4-23-16(21)10-7-6-8-19-13(10)18-14-11(15(19)20)9(3)12(25-14)17(22)24-5-2/h10H,4-8H2,1-3H3/t10-/m0/s1. The number of rotatable bonds is 4. The molecule has 0 aromatic carbocycles. The molecule has 0 N–H and O–H groups in total. The van der Waals surface area contributed by atoms with Crippen molar-refractivity contribution >= 4 is 33.5 Å². The van der Waals surface area contributed by atoms with E-state index in [1.54, 1.807) is 25.3 Å². The molecule has 0 saturated carbocycles. The fourth-order valence-corrected chi connectivity index (χ4v) is 4.23. The van der Waals surface area contributed by atoms with Gasteiger partial charge in [-0.05, 0) is 39.2 Å². The van der Waals surface area contributed by atoms with Crippen LogP contribution >= 0.6 is 11.3 Å². The quantitative estimate of drug-likeness (QED) is 0.774. The maximum atomic E-state index is 12.9. The van der Waals surface area contributed by atoms with Crippen LogP contribution in [0.5, 0.6) is 0 Å². The van der Waals surface area contributed by atoms with E-state index in [0.29, 0.717) is 45.9 Å². The lowest BCUT2D eigenvalue weighted by Crippen LogP contribution is -2.33. The summed E-state index contributed by atoms with van der Waals surface area (Å²) < 4.78 is 11.7. The number of carbonyl (C=O) groups is 2. The predicted octanol–water partition coefficient (Wildman–Crippen LogP) is 2.38. The molecular weight excluding hydrogens is 344 g/mol. The average molecular weight is 364 g/mol. The Balaban J connectivity index is 2.17. The van der Waals surface area contributed by atoms with Crippen molar-refractivity contribution in [1.29, 1.82) is 0 Å². The van der Waals surface area contributed by atoms with E-state index >= 15 is 0 Å². The van der Waals surface area contributed by atoms with Gasteiger partial charge in [0, 0.05) is 6.54 Å². The van der Waals surface area contributed by atoms with Crippen LogP contribution in [0.3, 0.4) is 0 Å². The van der Waals surface area contributed by atoms with Gasteiger partial charge in [-0.15, -0.1) is 11.3 Å². The number of hydrogen-bond donors (Lipinski definition) is 0. The minimum absolute atomic E-state index is 0.210. The van der Waals surface area contributed by atoms with Gasteiger partial charge in [0.15, 0.2) is 0 Å². The van der Waals surface area contributed by atoms with E-state index in [1.165, 1.54) is 0 Å². The van der Waals surface area contributed by atoms with Crippen LogP contribution in [-0.4, -0.2) is 34.7 Å². The first-order chi connectivity index (χ1) is 12.0. The van der Waals surface area contributed by atoms with Crippen LogP contribution in [0.1, 0.15) is 53.7 Å². The summed E-state index contributed by atoms with van der Waals surface area (Å²) in [6.45, 7) is 6.27. The highest BCUT2D eigenvalue weighted by atomic mass is 32.1. The lowest BCUT2D eigenvalue weighted by molar-refractivity contribution is -0.145. The van der Waals surface area contributed by atoms with E-state index in [4.69, 9.17) is 9.47 Å². The van der Waals surface area contributed by atoms with Crippen molar-refractivity contribution in [2.45, 2.75) is 46.1 Å². The predicted molar refractivity (Wildman–Crippen MR) is 93.2 cm³/mol. The molecule has 134 valence electrons. The summed E-state index contributed by atoms with van der Waals surface area (Å²) in [5.41, 5.74) is 0.378. The maximum absolute atomic E-state index is 12.9. The number of nitrogens with zero attached hydrogens (tertiary/aromatic N) is 2. The van der Waals surface area contributed by atoms with Crippen molar-refractivity contribution in [2.75, 3.05) is 13.2 Å². The second-order valence-electron chi connectivity index (χ2n) is 5.83. The summed E-state index contributed by atoms with van der Waals surface area (Å²) in [6, 6.07) is 0. The van der Waals surface area contributed by atoms with Crippen LogP contribution in [-0.2, 0) is 20.8 Å². The summed E-state index contributed by atoms with van der Waals surface area (Å²) in [5.74, 6) is -0.925. The summed E-state index contributed by atoms with van der Waals surface area (Å²) in [4.78, 5) is 42.7. The zero-order chi connectivity index (χ0) is 18.1. The number of fused-ring (bicyclic) bond motifs is 2. The Kier molecular flexibility index (Phi) is 4.89. The van der Waals surface area contributed by atoms with Crippen molar-refractivity contribution in [2.24, 2.45) is 0 Å². The molecule has 0 amide bonds. The lowest BCUT2D eigenvalue weighted by Gasteiger charge is -2.24. The summed E-state index contributed by atoms with van der Waals surface area (Å²) >= 11 is 1.13. The normalized spacial score (nSPS) is 16.5. The zero-order valence-corrected chi connectivity index (χ0v) is 15.3. The molecule has 0 bridgehead atoms. The van der Waals surface area contributed by atoms with E-state index in [-0.39, 0.29) is 24.7 Å². The van der Waals surface area contributed by atoms with Crippen molar-refractivity contribution in [1.82, 2.24) is 9.55 Å². The largest absolute Gasteiger partial charge is 0.465 e. The average Bonchev–Trinajstić information content (AvgIpc) is 2.92. The van der Waals surface area contributed by atoms with Crippen molar-refractivity contribution < 1.29 is 19.1 Å². The topological polar surface area (TPSA) is 87.5 Å². The Morgan fingerprint density at radius 2 is 2.00 bits per heavy atom. The fourth-order valence-electron chi connectivity index (χ4n) is 3.15. The lowest BCUT2D eigenvalue weighted by atomic mass is 9.98. The van der Waals surface area contributed by atoms with Gasteiger partial charge in [-0.2, -0.15) is 0 Å². The first kappa shape index (κ1) is 17.6. The van der Waals surface area contributed by atoms with Gasteiger partial charge in [0.2, 0.25) is 0 Å². The van der Waals surface area contributed by atoms with Crippen LogP contribution in [0.2, 0.25) is 0 Å². The van der Waals surface area contributed by atoms with E-state index < -0.39 is 11.9 Å². The third-order valence-corrected chi connectivity index (χ3v) is 5.46. The molecule has 2 aromatic rings. The molecule has 0 fully saturated rings. The van der Waals surface area contributed by atoms with Crippen molar-refractivity contribution in [3.05, 3.63) is 26.6 Å². The molecule has 8 heteroatoms. The van der Waals surface area contributed by atoms with Crippen LogP contribution < -0.4 is 5.56 Å². The molecule has 0 spiro atoms. The molecule has 3 heterocycles. The SMILES string of the molecule is CCOC(=O)c1sc2nc3n(c(=O)c2c1C)CCC[C@@H]3C(=O)OCC. The maximum Gasteiger partial charge on any atom is 0.348 e. The molecule has 0 aliphatic carbocycles. The van der Waals surface area contributed by atoms with E-state index in [0.717, 1.165) is 11.3 Å². The highest BCUT2D eigenvalue weighted by Crippen LogP contribution is 2.32. The van der Waals surface area contributed by atoms with E-state index in [9.17, 15) is 14.4 Å². The van der Waals surface area contributed by atoms with Gasteiger partial charge >= 0.3 is 11.9 Å². The molecule has 0 saturated heterocycles. The number of esters is 2. The number of aryl methyl sites for hydroxylation is 1. The van der Waals surface area contributed by atoms with Gasteiger partial charge in [-0.25, -0.2) is 9.78 Å². The highest BCUT2D eigenvalue weighted by Gasteiger charge is 2.32. The Morgan fingerprint density at radius 1 is 1.28 bits per heavy atom. The van der Waals surface area contributed by atoms with Gasteiger partial charge in [0.1, 0.15) is 21.4 Å². The van der Waals surface area contributed by atoms with Gasteiger partial charge in [-0.1, -0.05) is 0 Å². The zero-order valence-electron chi connectivity index (χ0n) is 14.5. The Morgan fingerprint density at radius 3 is 2.68 bits per heavy atom. The van der Waals surface area contributed by atoms with Crippen molar-refractivity contribution in [3.63, 3.8) is 0 Å². The van der Waals surface area contributed by atoms with Crippen LogP contribution in [0.15, 0.2) is 4.79 Å². The van der Waals surface area contributed by atoms with Crippen molar-refractivity contribution in [3.8, 4) is 0 Å². The molecule has 1 aliphatic heterocycles. The van der Waals surface area contributed by atoms with Gasteiger partial charge < -0.3 is 9.47 Å². The molecule has 7 nitrogen and oxygen atoms in total. The molecule has 0 radical (unpaired) electrons. The van der Waals surface area contributed by atoms with Crippen LogP contribution in [0.25, 0.3) is 10.2 Å². The summed E-state index contributed by atoms with van der Waals surface area (Å²) in [7, 11) is 0. The second-order valence-corrected chi connectivity index (χ2v) is 6.83. The van der Waals surface area contributed by atoms with Gasteiger partial charge in [0.25, 0.3) is 5.56 Å².